The Bertz CT molecular complexity index is 1480. The first-order valence-corrected chi connectivity index (χ1v) is 11.7. The molecule has 3 N–H and O–H groups in total. The van der Waals surface area contributed by atoms with Gasteiger partial charge in [0.1, 0.15) is 23.7 Å². The largest absolute Gasteiger partial charge is 0.383 e. The van der Waals surface area contributed by atoms with Crippen LogP contribution in [0.4, 0.5) is 11.6 Å². The maximum atomic E-state index is 12.7. The van der Waals surface area contributed by atoms with Crippen LogP contribution in [-0.4, -0.2) is 54.5 Å². The molecular weight excluding hydrogens is 456 g/mol. The lowest BCUT2D eigenvalue weighted by Crippen LogP contribution is -2.27. The van der Waals surface area contributed by atoms with Crippen LogP contribution in [0.3, 0.4) is 0 Å². The van der Waals surface area contributed by atoms with Gasteiger partial charge in [0.25, 0.3) is 5.91 Å². The van der Waals surface area contributed by atoms with E-state index < -0.39 is 0 Å². The second-order valence-corrected chi connectivity index (χ2v) is 8.73. The molecule has 0 radical (unpaired) electrons. The molecule has 0 aliphatic carbocycles. The molecule has 1 aliphatic rings. The van der Waals surface area contributed by atoms with Gasteiger partial charge in [-0.25, -0.2) is 19.6 Å². The second-order valence-electron chi connectivity index (χ2n) is 8.73. The van der Waals surface area contributed by atoms with Crippen LogP contribution in [0.25, 0.3) is 22.3 Å². The van der Waals surface area contributed by atoms with Crippen molar-refractivity contribution in [1.29, 1.82) is 0 Å². The Hall–Kier alpha value is -4.60. The Kier molecular flexibility index (Phi) is 6.16. The van der Waals surface area contributed by atoms with Gasteiger partial charge in [0.2, 0.25) is 5.91 Å². The number of carbonyl (C=O) groups excluding carboxylic acids is 2. The van der Waals surface area contributed by atoms with Crippen molar-refractivity contribution in [3.05, 3.63) is 72.2 Å². The van der Waals surface area contributed by atoms with E-state index in [1.54, 1.807) is 35.4 Å². The molecule has 36 heavy (non-hydrogen) atoms. The molecule has 1 fully saturated rings. The van der Waals surface area contributed by atoms with Crippen molar-refractivity contribution >= 4 is 34.5 Å². The molecule has 0 saturated carbocycles. The summed E-state index contributed by atoms with van der Waals surface area (Å²) in [5.41, 5.74) is 9.78. The first kappa shape index (κ1) is 23.2. The van der Waals surface area contributed by atoms with E-state index in [4.69, 9.17) is 10.8 Å². The van der Waals surface area contributed by atoms with Crippen molar-refractivity contribution in [2.75, 3.05) is 24.1 Å². The first-order chi connectivity index (χ1) is 17.4. The molecule has 4 aromatic rings. The number of nitrogens with one attached hydrogen (secondary N) is 1. The van der Waals surface area contributed by atoms with Crippen molar-refractivity contribution in [1.82, 2.24) is 29.6 Å². The van der Waals surface area contributed by atoms with E-state index in [2.05, 4.69) is 20.3 Å². The predicted octanol–water partition coefficient (Wildman–Crippen LogP) is 3.38. The third-order valence-electron chi connectivity index (χ3n) is 6.23. The van der Waals surface area contributed by atoms with E-state index in [-0.39, 0.29) is 17.9 Å². The summed E-state index contributed by atoms with van der Waals surface area (Å²) in [4.78, 5) is 39.6. The minimum atomic E-state index is -0.255. The summed E-state index contributed by atoms with van der Waals surface area (Å²) in [7, 11) is 0. The number of likely N-dealkylation sites (tertiary alicyclic amines) is 1. The standard InChI is InChI=1S/C26H26N8O2/c1-3-4-21(35)33-12-10-19(14-33)34-25-22(24(27)29-15-30-25)23(32-34)17-5-7-18(8-6-17)26(36)31-20-13-16(2)9-11-28-20/h3-9,11,13,15,19H,10,12,14H2,1-2H3,(H2,27,29,30)(H,28,31,36)/b4-3+/t19-/m1/s1. The molecule has 1 aliphatic heterocycles. The van der Waals surface area contributed by atoms with Gasteiger partial charge >= 0.3 is 0 Å². The third-order valence-corrected chi connectivity index (χ3v) is 6.23. The number of rotatable bonds is 5. The normalized spacial score (nSPS) is 15.6. The number of hydrogen-bond donors (Lipinski definition) is 2. The highest BCUT2D eigenvalue weighted by Crippen LogP contribution is 2.34. The van der Waals surface area contributed by atoms with Gasteiger partial charge < -0.3 is 16.0 Å². The number of carbonyl (C=O) groups is 2. The minimum absolute atomic E-state index is 0.0134. The molecule has 4 heterocycles. The number of nitrogens with zero attached hydrogens (tertiary/aromatic N) is 6. The fourth-order valence-electron chi connectivity index (χ4n) is 4.41. The van der Waals surface area contributed by atoms with Gasteiger partial charge in [-0.3, -0.25) is 9.59 Å². The zero-order chi connectivity index (χ0) is 25.2. The fraction of sp³-hybridized carbons (Fsp3) is 0.231. The molecule has 1 saturated heterocycles. The molecule has 10 heteroatoms. The molecule has 0 unspecified atom stereocenters. The molecule has 5 rings (SSSR count). The number of nitrogens with two attached hydrogens (primary N) is 1. The summed E-state index contributed by atoms with van der Waals surface area (Å²) in [6, 6.07) is 10.8. The molecule has 2 amide bonds. The third kappa shape index (κ3) is 4.40. The summed E-state index contributed by atoms with van der Waals surface area (Å²) in [5, 5.41) is 8.33. The van der Waals surface area contributed by atoms with Crippen LogP contribution in [0.1, 0.15) is 35.3 Å². The smallest absolute Gasteiger partial charge is 0.256 e. The number of fused-ring (bicyclic) bond motifs is 1. The molecule has 0 bridgehead atoms. The summed E-state index contributed by atoms with van der Waals surface area (Å²) >= 11 is 0. The van der Waals surface area contributed by atoms with Gasteiger partial charge in [0, 0.05) is 30.4 Å². The van der Waals surface area contributed by atoms with Crippen molar-refractivity contribution in [3.63, 3.8) is 0 Å². The fourth-order valence-corrected chi connectivity index (χ4v) is 4.41. The molecule has 0 spiro atoms. The van der Waals surface area contributed by atoms with Crippen LogP contribution in [-0.2, 0) is 4.79 Å². The molecule has 1 aromatic carbocycles. The van der Waals surface area contributed by atoms with Crippen LogP contribution in [0, 0.1) is 6.92 Å². The van der Waals surface area contributed by atoms with E-state index in [9.17, 15) is 9.59 Å². The quantitative estimate of drug-likeness (QED) is 0.417. The minimum Gasteiger partial charge on any atom is -0.383 e. The molecular formula is C26H26N8O2. The Morgan fingerprint density at radius 2 is 1.94 bits per heavy atom. The van der Waals surface area contributed by atoms with Crippen molar-refractivity contribution in [3.8, 4) is 11.3 Å². The Morgan fingerprint density at radius 1 is 1.14 bits per heavy atom. The van der Waals surface area contributed by atoms with Crippen molar-refractivity contribution in [2.24, 2.45) is 0 Å². The average Bonchev–Trinajstić information content (AvgIpc) is 3.50. The number of benzene rings is 1. The number of nitrogen functional groups attached to an aromatic ring is 1. The van der Waals surface area contributed by atoms with Crippen molar-refractivity contribution < 1.29 is 9.59 Å². The topological polar surface area (TPSA) is 132 Å². The van der Waals surface area contributed by atoms with E-state index in [1.165, 1.54) is 6.33 Å². The average molecular weight is 483 g/mol. The highest BCUT2D eigenvalue weighted by atomic mass is 16.2. The number of hydrogen-bond acceptors (Lipinski definition) is 7. The van der Waals surface area contributed by atoms with Gasteiger partial charge in [0.05, 0.1) is 11.4 Å². The Balaban J connectivity index is 1.44. The maximum absolute atomic E-state index is 12.7. The second kappa shape index (κ2) is 9.57. The number of aromatic nitrogens is 5. The maximum Gasteiger partial charge on any atom is 0.256 e. The number of aryl methyl sites for hydroxylation is 1. The van der Waals surface area contributed by atoms with Gasteiger partial charge in [-0.15, -0.1) is 0 Å². The zero-order valence-electron chi connectivity index (χ0n) is 20.0. The zero-order valence-corrected chi connectivity index (χ0v) is 20.0. The van der Waals surface area contributed by atoms with Crippen LogP contribution in [0.2, 0.25) is 0 Å². The molecule has 1 atom stereocenters. The van der Waals surface area contributed by atoms with Crippen LogP contribution >= 0.6 is 0 Å². The number of pyridine rings is 1. The summed E-state index contributed by atoms with van der Waals surface area (Å²) in [5.74, 6) is 0.556. The predicted molar refractivity (Wildman–Crippen MR) is 137 cm³/mol. The lowest BCUT2D eigenvalue weighted by Gasteiger charge is -2.15. The van der Waals surface area contributed by atoms with Gasteiger partial charge in [-0.1, -0.05) is 18.2 Å². The van der Waals surface area contributed by atoms with Gasteiger partial charge in [0.15, 0.2) is 5.65 Å². The number of amides is 2. The highest BCUT2D eigenvalue weighted by molar-refractivity contribution is 6.04. The van der Waals surface area contributed by atoms with Crippen LogP contribution in [0.15, 0.2) is 61.1 Å². The summed E-state index contributed by atoms with van der Waals surface area (Å²) in [6.07, 6.45) is 7.15. The van der Waals surface area contributed by atoms with Crippen LogP contribution < -0.4 is 11.1 Å². The van der Waals surface area contributed by atoms with Crippen molar-refractivity contribution in [2.45, 2.75) is 26.3 Å². The SMILES string of the molecule is C/C=C/C(=O)N1CC[C@@H](n2nc(-c3ccc(C(=O)Nc4cc(C)ccn4)cc3)c3c(N)ncnc32)C1. The van der Waals surface area contributed by atoms with E-state index >= 15 is 0 Å². The molecule has 10 nitrogen and oxygen atoms in total. The van der Waals surface area contributed by atoms with E-state index in [0.717, 1.165) is 17.5 Å². The molecule has 3 aromatic heterocycles. The lowest BCUT2D eigenvalue weighted by atomic mass is 10.1. The number of allylic oxidation sites excluding steroid dienone is 1. The molecule has 182 valence electrons. The van der Waals surface area contributed by atoms with Gasteiger partial charge in [-0.2, -0.15) is 5.10 Å². The number of anilines is 2. The van der Waals surface area contributed by atoms with Crippen LogP contribution in [0.5, 0.6) is 0 Å². The van der Waals surface area contributed by atoms with E-state index in [0.29, 0.717) is 47.0 Å². The summed E-state index contributed by atoms with van der Waals surface area (Å²) < 4.78 is 1.84. The Morgan fingerprint density at radius 3 is 2.69 bits per heavy atom. The lowest BCUT2D eigenvalue weighted by molar-refractivity contribution is -0.125. The summed E-state index contributed by atoms with van der Waals surface area (Å²) in [6.45, 7) is 4.95. The van der Waals surface area contributed by atoms with E-state index in [1.807, 2.05) is 42.8 Å². The Labute approximate surface area is 207 Å². The first-order valence-electron chi connectivity index (χ1n) is 11.7. The highest BCUT2D eigenvalue weighted by Gasteiger charge is 2.30. The van der Waals surface area contributed by atoms with Gasteiger partial charge in [-0.05, 0) is 56.2 Å². The monoisotopic (exact) mass is 482 g/mol.